The Labute approximate surface area is 214 Å². The van der Waals surface area contributed by atoms with Crippen LogP contribution in [0.2, 0.25) is 0 Å². The fraction of sp³-hybridized carbons (Fsp3) is 0.138. The molecule has 1 saturated heterocycles. The van der Waals surface area contributed by atoms with Gasteiger partial charge in [-0.25, -0.2) is 0 Å². The summed E-state index contributed by atoms with van der Waals surface area (Å²) in [4.78, 5) is 12.5. The molecule has 1 atom stereocenters. The van der Waals surface area contributed by atoms with Gasteiger partial charge in [0.1, 0.15) is 6.61 Å². The highest BCUT2D eigenvalue weighted by molar-refractivity contribution is 8.15. The standard InChI is InChI=1S/C29H25N3O3S/c1-34-26-16-21(14-15-25(26)35-19-20-8-3-2-4-9-20)18-30-32-29-31-28(33)27(36-29)17-23-12-7-11-22-10-5-6-13-24(22)23/h2-16,18,27H,17,19H2,1H3,(H,31,32,33). The zero-order valence-corrected chi connectivity index (χ0v) is 20.6. The highest BCUT2D eigenvalue weighted by Crippen LogP contribution is 2.29. The minimum atomic E-state index is -0.245. The lowest BCUT2D eigenvalue weighted by molar-refractivity contribution is -0.118. The molecule has 0 aromatic heterocycles. The Hall–Kier alpha value is -4.10. The highest BCUT2D eigenvalue weighted by Gasteiger charge is 2.30. The second-order valence-electron chi connectivity index (χ2n) is 8.27. The monoisotopic (exact) mass is 495 g/mol. The van der Waals surface area contributed by atoms with Gasteiger partial charge in [0.15, 0.2) is 16.7 Å². The molecule has 1 amide bonds. The maximum atomic E-state index is 12.5. The van der Waals surface area contributed by atoms with Gasteiger partial charge in [-0.3, -0.25) is 4.79 Å². The molecule has 4 aromatic carbocycles. The minimum absolute atomic E-state index is 0.0523. The first-order valence-electron chi connectivity index (χ1n) is 11.6. The van der Waals surface area contributed by atoms with Crippen molar-refractivity contribution in [2.24, 2.45) is 10.2 Å². The van der Waals surface area contributed by atoms with Crippen molar-refractivity contribution in [3.63, 3.8) is 0 Å². The second kappa shape index (κ2) is 11.1. The zero-order chi connectivity index (χ0) is 24.7. The molecule has 1 N–H and O–H groups in total. The van der Waals surface area contributed by atoms with Gasteiger partial charge >= 0.3 is 0 Å². The smallest absolute Gasteiger partial charge is 0.239 e. The molecule has 1 aliphatic rings. The topological polar surface area (TPSA) is 72.3 Å². The summed E-state index contributed by atoms with van der Waals surface area (Å²) in [6, 6.07) is 29.9. The first-order chi connectivity index (χ1) is 17.7. The van der Waals surface area contributed by atoms with E-state index in [2.05, 4.69) is 39.8 Å². The largest absolute Gasteiger partial charge is 0.493 e. The fourth-order valence-electron chi connectivity index (χ4n) is 4.02. The molecule has 4 aromatic rings. The molecule has 0 saturated carbocycles. The Kier molecular flexibility index (Phi) is 7.28. The van der Waals surface area contributed by atoms with Crippen molar-refractivity contribution in [2.45, 2.75) is 18.3 Å². The molecule has 5 rings (SSSR count). The Bertz CT molecular complexity index is 1430. The number of methoxy groups -OCH3 is 1. The molecule has 0 bridgehead atoms. The molecule has 1 fully saturated rings. The number of benzene rings is 4. The van der Waals surface area contributed by atoms with E-state index in [1.165, 1.54) is 22.5 Å². The quantitative estimate of drug-likeness (QED) is 0.255. The molecule has 0 aliphatic carbocycles. The van der Waals surface area contributed by atoms with E-state index in [9.17, 15) is 4.79 Å². The number of carbonyl (C=O) groups excluding carboxylic acids is 1. The summed E-state index contributed by atoms with van der Waals surface area (Å²) < 4.78 is 11.4. The molecule has 36 heavy (non-hydrogen) atoms. The Morgan fingerprint density at radius 2 is 1.75 bits per heavy atom. The van der Waals surface area contributed by atoms with Crippen molar-refractivity contribution >= 4 is 39.8 Å². The number of hydrogen-bond donors (Lipinski definition) is 1. The number of thioether (sulfide) groups is 1. The zero-order valence-electron chi connectivity index (χ0n) is 19.8. The van der Waals surface area contributed by atoms with E-state index in [4.69, 9.17) is 9.47 Å². The van der Waals surface area contributed by atoms with Crippen LogP contribution in [0.25, 0.3) is 10.8 Å². The van der Waals surface area contributed by atoms with Crippen LogP contribution in [-0.2, 0) is 17.8 Å². The number of amidine groups is 1. The molecule has 1 unspecified atom stereocenters. The molecule has 0 radical (unpaired) electrons. The normalized spacial score (nSPS) is 16.5. The van der Waals surface area contributed by atoms with Gasteiger partial charge in [-0.2, -0.15) is 5.10 Å². The van der Waals surface area contributed by atoms with Gasteiger partial charge in [0, 0.05) is 0 Å². The van der Waals surface area contributed by atoms with E-state index in [1.807, 2.05) is 66.7 Å². The molecule has 7 heteroatoms. The van der Waals surface area contributed by atoms with Crippen LogP contribution in [0, 0.1) is 0 Å². The number of nitrogens with one attached hydrogen (secondary N) is 1. The number of rotatable bonds is 8. The number of carbonyl (C=O) groups is 1. The van der Waals surface area contributed by atoms with E-state index in [-0.39, 0.29) is 11.2 Å². The van der Waals surface area contributed by atoms with Crippen molar-refractivity contribution in [1.82, 2.24) is 5.32 Å². The summed E-state index contributed by atoms with van der Waals surface area (Å²) in [5.74, 6) is 1.21. The second-order valence-corrected chi connectivity index (χ2v) is 9.46. The molecule has 1 aliphatic heterocycles. The third-order valence-corrected chi connectivity index (χ3v) is 6.91. The van der Waals surface area contributed by atoms with Gasteiger partial charge in [0.2, 0.25) is 5.91 Å². The van der Waals surface area contributed by atoms with Crippen molar-refractivity contribution < 1.29 is 14.3 Å². The van der Waals surface area contributed by atoms with E-state index < -0.39 is 0 Å². The lowest BCUT2D eigenvalue weighted by atomic mass is 10.0. The average Bonchev–Trinajstić information content (AvgIpc) is 3.27. The van der Waals surface area contributed by atoms with Crippen LogP contribution < -0.4 is 14.8 Å². The van der Waals surface area contributed by atoms with Crippen LogP contribution in [-0.4, -0.2) is 29.6 Å². The molecular weight excluding hydrogens is 470 g/mol. The number of fused-ring (bicyclic) bond motifs is 1. The van der Waals surface area contributed by atoms with Gasteiger partial charge in [-0.05, 0) is 52.1 Å². The highest BCUT2D eigenvalue weighted by atomic mass is 32.2. The van der Waals surface area contributed by atoms with Crippen LogP contribution in [0.3, 0.4) is 0 Å². The molecule has 1 heterocycles. The van der Waals surface area contributed by atoms with Gasteiger partial charge in [0.05, 0.1) is 18.6 Å². The number of amides is 1. The van der Waals surface area contributed by atoms with Crippen LogP contribution in [0.5, 0.6) is 11.5 Å². The average molecular weight is 496 g/mol. The van der Waals surface area contributed by atoms with E-state index in [0.29, 0.717) is 29.7 Å². The summed E-state index contributed by atoms with van der Waals surface area (Å²) in [6.07, 6.45) is 2.25. The first-order valence-corrected chi connectivity index (χ1v) is 12.5. The SMILES string of the molecule is COc1cc(C=N/N=C2\NC(=O)C(Cc3cccc4ccccc34)S2)ccc1OCc1ccccc1. The predicted octanol–water partition coefficient (Wildman–Crippen LogP) is 5.59. The Morgan fingerprint density at radius 3 is 2.61 bits per heavy atom. The van der Waals surface area contributed by atoms with Crippen LogP contribution in [0.1, 0.15) is 16.7 Å². The van der Waals surface area contributed by atoms with Crippen molar-refractivity contribution in [2.75, 3.05) is 7.11 Å². The third-order valence-electron chi connectivity index (χ3n) is 5.84. The maximum absolute atomic E-state index is 12.5. The van der Waals surface area contributed by atoms with E-state index >= 15 is 0 Å². The summed E-state index contributed by atoms with van der Waals surface area (Å²) in [6.45, 7) is 0.454. The fourth-order valence-corrected chi connectivity index (χ4v) is 4.98. The lowest BCUT2D eigenvalue weighted by Gasteiger charge is -2.11. The van der Waals surface area contributed by atoms with E-state index in [0.717, 1.165) is 16.7 Å². The maximum Gasteiger partial charge on any atom is 0.239 e. The summed E-state index contributed by atoms with van der Waals surface area (Å²) in [5, 5.41) is 13.8. The minimum Gasteiger partial charge on any atom is -0.493 e. The number of hydrogen-bond acceptors (Lipinski definition) is 6. The molecule has 0 spiro atoms. The van der Waals surface area contributed by atoms with Gasteiger partial charge < -0.3 is 14.8 Å². The molecule has 6 nitrogen and oxygen atoms in total. The van der Waals surface area contributed by atoms with Gasteiger partial charge in [-0.15, -0.1) is 5.10 Å². The summed E-state index contributed by atoms with van der Waals surface area (Å²) in [7, 11) is 1.60. The summed E-state index contributed by atoms with van der Waals surface area (Å²) in [5.41, 5.74) is 3.04. The van der Waals surface area contributed by atoms with Crippen molar-refractivity contribution in [3.05, 3.63) is 108 Å². The number of ether oxygens (including phenoxy) is 2. The Morgan fingerprint density at radius 1 is 0.944 bits per heavy atom. The van der Waals surface area contributed by atoms with Gasteiger partial charge in [0.25, 0.3) is 0 Å². The lowest BCUT2D eigenvalue weighted by Crippen LogP contribution is -2.26. The van der Waals surface area contributed by atoms with E-state index in [1.54, 1.807) is 13.3 Å². The van der Waals surface area contributed by atoms with Crippen molar-refractivity contribution in [1.29, 1.82) is 0 Å². The summed E-state index contributed by atoms with van der Waals surface area (Å²) >= 11 is 1.40. The predicted molar refractivity (Wildman–Crippen MR) is 146 cm³/mol. The first kappa shape index (κ1) is 23.6. The van der Waals surface area contributed by atoms with Gasteiger partial charge in [-0.1, -0.05) is 84.6 Å². The van der Waals surface area contributed by atoms with Crippen LogP contribution in [0.4, 0.5) is 0 Å². The Balaban J connectivity index is 1.22. The number of nitrogens with zero attached hydrogens (tertiary/aromatic N) is 2. The molecule has 180 valence electrons. The third kappa shape index (κ3) is 5.58. The van der Waals surface area contributed by atoms with Crippen LogP contribution in [0.15, 0.2) is 101 Å². The molecular formula is C29H25N3O3S. The van der Waals surface area contributed by atoms with Crippen LogP contribution >= 0.6 is 11.8 Å². The van der Waals surface area contributed by atoms with Crippen molar-refractivity contribution in [3.8, 4) is 11.5 Å².